The second-order valence-electron chi connectivity index (χ2n) is 6.13. The molecule has 0 unspecified atom stereocenters. The van der Waals surface area contributed by atoms with Gasteiger partial charge in [0.15, 0.2) is 0 Å². The van der Waals surface area contributed by atoms with Gasteiger partial charge in [0.2, 0.25) is 0 Å². The number of aromatic nitrogens is 2. The number of aliphatic hydroxyl groups excluding tert-OH is 1. The Labute approximate surface area is 151 Å². The summed E-state index contributed by atoms with van der Waals surface area (Å²) in [7, 11) is 0. The van der Waals surface area contributed by atoms with Crippen molar-refractivity contribution >= 4 is 17.2 Å². The molecule has 0 fully saturated rings. The molecule has 0 aliphatic heterocycles. The molecule has 0 aliphatic carbocycles. The van der Waals surface area contributed by atoms with Gasteiger partial charge in [-0.05, 0) is 47.9 Å². The average Bonchev–Trinajstić information content (AvgIpc) is 3.04. The van der Waals surface area contributed by atoms with Gasteiger partial charge in [0, 0.05) is 28.5 Å². The summed E-state index contributed by atoms with van der Waals surface area (Å²) in [5.74, 6) is 0. The maximum absolute atomic E-state index is 9.37. The van der Waals surface area contributed by atoms with E-state index in [2.05, 4.69) is 25.3 Å². The Morgan fingerprint density at radius 2 is 1.80 bits per heavy atom. The van der Waals surface area contributed by atoms with Crippen molar-refractivity contribution in [2.45, 2.75) is 13.5 Å². The lowest BCUT2D eigenvalue weighted by molar-refractivity contribution is 0.282. The summed E-state index contributed by atoms with van der Waals surface area (Å²) in [6.07, 6.45) is 4.12. The standard InChI is InChI=1S/C21H17ClN2O/c1-14-9-21-23-20(16-5-7-18(22)8-6-16)12-24(21)11-19(14)17-4-2-3-15(10-17)13-25/h2-12,25H,13H2,1H3. The minimum Gasteiger partial charge on any atom is -0.392 e. The van der Waals surface area contributed by atoms with E-state index in [1.165, 1.54) is 0 Å². The van der Waals surface area contributed by atoms with Crippen LogP contribution in [0.5, 0.6) is 0 Å². The van der Waals surface area contributed by atoms with Crippen LogP contribution in [0, 0.1) is 6.92 Å². The van der Waals surface area contributed by atoms with Crippen molar-refractivity contribution in [1.82, 2.24) is 9.38 Å². The van der Waals surface area contributed by atoms with Gasteiger partial charge < -0.3 is 9.51 Å². The van der Waals surface area contributed by atoms with Gasteiger partial charge in [-0.2, -0.15) is 0 Å². The maximum atomic E-state index is 9.37. The Morgan fingerprint density at radius 1 is 1.00 bits per heavy atom. The van der Waals surface area contributed by atoms with Crippen molar-refractivity contribution in [1.29, 1.82) is 0 Å². The SMILES string of the molecule is Cc1cc2nc(-c3ccc(Cl)cc3)cn2cc1-c1cccc(CO)c1. The molecule has 4 rings (SSSR count). The quantitative estimate of drug-likeness (QED) is 0.557. The molecule has 0 bridgehead atoms. The number of aryl methyl sites for hydroxylation is 1. The summed E-state index contributed by atoms with van der Waals surface area (Å²) >= 11 is 5.97. The number of nitrogens with zero attached hydrogens (tertiary/aromatic N) is 2. The smallest absolute Gasteiger partial charge is 0.137 e. The van der Waals surface area contributed by atoms with Crippen LogP contribution in [0.3, 0.4) is 0 Å². The summed E-state index contributed by atoms with van der Waals surface area (Å²) in [5, 5.41) is 10.1. The molecule has 1 N–H and O–H groups in total. The van der Waals surface area contributed by atoms with E-state index in [0.717, 1.165) is 44.2 Å². The number of aliphatic hydroxyl groups is 1. The second kappa shape index (κ2) is 6.36. The fraction of sp³-hybridized carbons (Fsp3) is 0.0952. The molecule has 25 heavy (non-hydrogen) atoms. The van der Waals surface area contributed by atoms with E-state index in [9.17, 15) is 5.11 Å². The van der Waals surface area contributed by atoms with E-state index in [4.69, 9.17) is 16.6 Å². The van der Waals surface area contributed by atoms with Crippen molar-refractivity contribution < 1.29 is 5.11 Å². The van der Waals surface area contributed by atoms with Gasteiger partial charge in [0.05, 0.1) is 12.3 Å². The average molecular weight is 349 g/mol. The minimum absolute atomic E-state index is 0.0426. The van der Waals surface area contributed by atoms with Gasteiger partial charge >= 0.3 is 0 Å². The normalized spacial score (nSPS) is 11.2. The predicted octanol–water partition coefficient (Wildman–Crippen LogP) is 5.12. The fourth-order valence-electron chi connectivity index (χ4n) is 3.03. The Balaban J connectivity index is 1.82. The zero-order valence-electron chi connectivity index (χ0n) is 13.8. The van der Waals surface area contributed by atoms with Crippen LogP contribution >= 0.6 is 11.6 Å². The molecule has 0 saturated heterocycles. The summed E-state index contributed by atoms with van der Waals surface area (Å²) in [6, 6.07) is 17.8. The summed E-state index contributed by atoms with van der Waals surface area (Å²) < 4.78 is 2.04. The van der Waals surface area contributed by atoms with Crippen molar-refractivity contribution in [3.63, 3.8) is 0 Å². The minimum atomic E-state index is 0.0426. The number of rotatable bonds is 3. The van der Waals surface area contributed by atoms with Crippen LogP contribution in [0.4, 0.5) is 0 Å². The van der Waals surface area contributed by atoms with Gasteiger partial charge in [0.1, 0.15) is 5.65 Å². The van der Waals surface area contributed by atoms with E-state index in [-0.39, 0.29) is 6.61 Å². The number of hydrogen-bond donors (Lipinski definition) is 1. The molecule has 0 radical (unpaired) electrons. The predicted molar refractivity (Wildman–Crippen MR) is 102 cm³/mol. The highest BCUT2D eigenvalue weighted by atomic mass is 35.5. The van der Waals surface area contributed by atoms with Gasteiger partial charge in [0.25, 0.3) is 0 Å². The number of hydrogen-bond acceptors (Lipinski definition) is 2. The number of halogens is 1. The Hall–Kier alpha value is -2.62. The van der Waals surface area contributed by atoms with Crippen LogP contribution in [0.2, 0.25) is 5.02 Å². The Bertz CT molecular complexity index is 1050. The Morgan fingerprint density at radius 3 is 2.56 bits per heavy atom. The first-order valence-corrected chi connectivity index (χ1v) is 8.47. The molecule has 0 saturated carbocycles. The summed E-state index contributed by atoms with van der Waals surface area (Å²) in [5.41, 5.74) is 7.13. The van der Waals surface area contributed by atoms with Crippen molar-refractivity contribution in [3.05, 3.63) is 83.1 Å². The second-order valence-corrected chi connectivity index (χ2v) is 6.56. The first-order valence-electron chi connectivity index (χ1n) is 8.09. The molecule has 0 aliphatic rings. The van der Waals surface area contributed by atoms with Gasteiger partial charge in [-0.25, -0.2) is 4.98 Å². The molecule has 2 heterocycles. The van der Waals surface area contributed by atoms with Crippen molar-refractivity contribution in [2.24, 2.45) is 0 Å². The van der Waals surface area contributed by atoms with Gasteiger partial charge in [-0.3, -0.25) is 0 Å². The monoisotopic (exact) mass is 348 g/mol. The van der Waals surface area contributed by atoms with Crippen molar-refractivity contribution in [2.75, 3.05) is 0 Å². The number of benzene rings is 2. The lowest BCUT2D eigenvalue weighted by Gasteiger charge is -2.08. The molecule has 4 heteroatoms. The van der Waals surface area contributed by atoms with Crippen LogP contribution in [0.15, 0.2) is 67.0 Å². The Kier molecular flexibility index (Phi) is 4.04. The molecule has 3 nitrogen and oxygen atoms in total. The third-order valence-corrected chi connectivity index (χ3v) is 4.61. The third-order valence-electron chi connectivity index (χ3n) is 4.36. The highest BCUT2D eigenvalue weighted by Gasteiger charge is 2.09. The summed E-state index contributed by atoms with van der Waals surface area (Å²) in [6.45, 7) is 2.12. The van der Waals surface area contributed by atoms with E-state index in [1.807, 2.05) is 53.1 Å². The van der Waals surface area contributed by atoms with E-state index in [1.54, 1.807) is 0 Å². The number of pyridine rings is 1. The first-order chi connectivity index (χ1) is 12.1. The molecule has 4 aromatic rings. The van der Waals surface area contributed by atoms with Crippen LogP contribution in [-0.2, 0) is 6.61 Å². The molecular formula is C21H17ClN2O. The summed E-state index contributed by atoms with van der Waals surface area (Å²) in [4.78, 5) is 4.72. The lowest BCUT2D eigenvalue weighted by Crippen LogP contribution is -1.91. The van der Waals surface area contributed by atoms with Gasteiger partial charge in [-0.1, -0.05) is 41.9 Å². The third kappa shape index (κ3) is 3.04. The highest BCUT2D eigenvalue weighted by molar-refractivity contribution is 6.30. The number of fused-ring (bicyclic) bond motifs is 1. The molecule has 2 aromatic carbocycles. The van der Waals surface area contributed by atoms with Crippen LogP contribution in [0.25, 0.3) is 28.0 Å². The molecular weight excluding hydrogens is 332 g/mol. The molecule has 0 atom stereocenters. The van der Waals surface area contributed by atoms with E-state index < -0.39 is 0 Å². The van der Waals surface area contributed by atoms with Gasteiger partial charge in [-0.15, -0.1) is 0 Å². The van der Waals surface area contributed by atoms with Crippen LogP contribution in [-0.4, -0.2) is 14.5 Å². The largest absolute Gasteiger partial charge is 0.392 e. The first kappa shape index (κ1) is 15.9. The van der Waals surface area contributed by atoms with Crippen LogP contribution < -0.4 is 0 Å². The fourth-order valence-corrected chi connectivity index (χ4v) is 3.16. The lowest BCUT2D eigenvalue weighted by atomic mass is 10.0. The molecule has 2 aromatic heterocycles. The molecule has 124 valence electrons. The number of imidazole rings is 1. The molecule has 0 amide bonds. The molecule has 0 spiro atoms. The highest BCUT2D eigenvalue weighted by Crippen LogP contribution is 2.27. The zero-order chi connectivity index (χ0) is 17.4. The van der Waals surface area contributed by atoms with E-state index in [0.29, 0.717) is 0 Å². The zero-order valence-corrected chi connectivity index (χ0v) is 14.5. The maximum Gasteiger partial charge on any atom is 0.137 e. The van der Waals surface area contributed by atoms with Crippen molar-refractivity contribution in [3.8, 4) is 22.4 Å². The topological polar surface area (TPSA) is 37.5 Å². The van der Waals surface area contributed by atoms with Crippen LogP contribution in [0.1, 0.15) is 11.1 Å². The van der Waals surface area contributed by atoms with E-state index >= 15 is 0 Å².